The fourth-order valence-corrected chi connectivity index (χ4v) is 3.82. The van der Waals surface area contributed by atoms with Crippen molar-refractivity contribution in [3.8, 4) is 11.8 Å². The summed E-state index contributed by atoms with van der Waals surface area (Å²) in [5, 5.41) is 11.9. The molecule has 4 rings (SSSR count). The largest absolute Gasteiger partial charge is 0.382 e. The number of fused-ring (bicyclic) bond motifs is 1. The van der Waals surface area contributed by atoms with Crippen molar-refractivity contribution in [2.24, 2.45) is 0 Å². The zero-order chi connectivity index (χ0) is 25.4. The van der Waals surface area contributed by atoms with Crippen molar-refractivity contribution in [3.05, 3.63) is 74.5 Å². The molecular weight excluding hydrogens is 485 g/mol. The van der Waals surface area contributed by atoms with Gasteiger partial charge in [-0.15, -0.1) is 0 Å². The van der Waals surface area contributed by atoms with Gasteiger partial charge in [-0.2, -0.15) is 15.2 Å². The summed E-state index contributed by atoms with van der Waals surface area (Å²) in [5.74, 6) is -1.25. The number of rotatable bonds is 5. The summed E-state index contributed by atoms with van der Waals surface area (Å²) in [7, 11) is 0. The predicted molar refractivity (Wildman–Crippen MR) is 125 cm³/mol. The number of nitriles is 1. The summed E-state index contributed by atoms with van der Waals surface area (Å²) in [4.78, 5) is 25.6. The average Bonchev–Trinajstić information content (AvgIpc) is 2.78. The minimum Gasteiger partial charge on any atom is -0.382 e. The Hall–Kier alpha value is -4.37. The van der Waals surface area contributed by atoms with Gasteiger partial charge in [-0.3, -0.25) is 9.36 Å². The molecule has 0 bridgehead atoms. The second-order valence-electron chi connectivity index (χ2n) is 7.46. The lowest BCUT2D eigenvalue weighted by Crippen LogP contribution is -2.28. The summed E-state index contributed by atoms with van der Waals surface area (Å²) in [6.45, 7) is 1.57. The number of nitrogen functional groups attached to an aromatic ring is 2. The highest BCUT2D eigenvalue weighted by Gasteiger charge is 2.23. The Morgan fingerprint density at radius 1 is 1.17 bits per heavy atom. The highest BCUT2D eigenvalue weighted by Crippen LogP contribution is 2.29. The van der Waals surface area contributed by atoms with E-state index < -0.39 is 29.4 Å². The van der Waals surface area contributed by atoms with Crippen molar-refractivity contribution >= 4 is 40.1 Å². The van der Waals surface area contributed by atoms with Gasteiger partial charge in [0, 0.05) is 10.6 Å². The number of halogens is 4. The molecule has 35 heavy (non-hydrogen) atoms. The summed E-state index contributed by atoms with van der Waals surface area (Å²) in [6.07, 6.45) is -2.88. The third-order valence-corrected chi connectivity index (χ3v) is 5.31. The van der Waals surface area contributed by atoms with Gasteiger partial charge in [0.25, 0.3) is 12.0 Å². The van der Waals surface area contributed by atoms with E-state index in [1.807, 2.05) is 6.07 Å². The molecule has 0 spiro atoms. The molecule has 13 heteroatoms. The second-order valence-corrected chi connectivity index (χ2v) is 7.89. The predicted octanol–water partition coefficient (Wildman–Crippen LogP) is 4.11. The summed E-state index contributed by atoms with van der Waals surface area (Å²) in [6, 6.07) is 8.28. The number of alkyl halides is 2. The van der Waals surface area contributed by atoms with E-state index in [0.717, 1.165) is 22.8 Å². The molecular formula is C22H16ClF3N8O. The van der Waals surface area contributed by atoms with Crippen LogP contribution in [0.15, 0.2) is 41.2 Å². The smallest absolute Gasteiger partial charge is 0.269 e. The minimum absolute atomic E-state index is 0.00442. The van der Waals surface area contributed by atoms with Crippen LogP contribution in [0.25, 0.3) is 16.6 Å². The first-order chi connectivity index (χ1) is 16.6. The Balaban J connectivity index is 1.99. The van der Waals surface area contributed by atoms with Crippen molar-refractivity contribution in [2.75, 3.05) is 16.8 Å². The van der Waals surface area contributed by atoms with E-state index in [1.54, 1.807) is 6.92 Å². The lowest BCUT2D eigenvalue weighted by Gasteiger charge is -2.21. The molecule has 0 fully saturated rings. The van der Waals surface area contributed by atoms with E-state index in [2.05, 4.69) is 20.3 Å². The molecule has 5 N–H and O–H groups in total. The molecule has 178 valence electrons. The van der Waals surface area contributed by atoms with Crippen LogP contribution in [-0.4, -0.2) is 19.5 Å². The third-order valence-electron chi connectivity index (χ3n) is 5.09. The molecule has 1 atom stereocenters. The van der Waals surface area contributed by atoms with Gasteiger partial charge in [0.15, 0.2) is 5.82 Å². The molecule has 0 saturated heterocycles. The van der Waals surface area contributed by atoms with Crippen LogP contribution >= 0.6 is 11.6 Å². The number of aromatic nitrogens is 4. The number of nitrogens with one attached hydrogen (secondary N) is 1. The van der Waals surface area contributed by atoms with E-state index in [1.165, 1.54) is 18.2 Å². The number of benzene rings is 2. The van der Waals surface area contributed by atoms with Crippen molar-refractivity contribution in [1.82, 2.24) is 19.5 Å². The van der Waals surface area contributed by atoms with Crippen LogP contribution in [0, 0.1) is 17.1 Å². The molecule has 0 aliphatic rings. The van der Waals surface area contributed by atoms with Crippen LogP contribution in [0.3, 0.4) is 0 Å². The Kier molecular flexibility index (Phi) is 6.19. The van der Waals surface area contributed by atoms with Gasteiger partial charge in [-0.1, -0.05) is 17.7 Å². The Morgan fingerprint density at radius 2 is 1.91 bits per heavy atom. The number of nitrogens with two attached hydrogens (primary N) is 2. The number of hydrogen-bond donors (Lipinski definition) is 3. The number of nitrogens with zero attached hydrogens (tertiary/aromatic N) is 5. The van der Waals surface area contributed by atoms with E-state index >= 15 is 0 Å². The van der Waals surface area contributed by atoms with Gasteiger partial charge in [0.1, 0.15) is 34.5 Å². The van der Waals surface area contributed by atoms with Gasteiger partial charge >= 0.3 is 0 Å². The normalized spacial score (nSPS) is 12.0. The summed E-state index contributed by atoms with van der Waals surface area (Å²) in [5.41, 5.74) is 9.99. The Bertz CT molecular complexity index is 1570. The fraction of sp³-hybridized carbons (Fsp3) is 0.136. The van der Waals surface area contributed by atoms with E-state index in [4.69, 9.17) is 23.1 Å². The van der Waals surface area contributed by atoms with E-state index in [9.17, 15) is 23.2 Å². The summed E-state index contributed by atoms with van der Waals surface area (Å²) >= 11 is 6.04. The molecule has 2 aromatic carbocycles. The second kappa shape index (κ2) is 9.11. The zero-order valence-corrected chi connectivity index (χ0v) is 18.7. The molecule has 2 aromatic heterocycles. The monoisotopic (exact) mass is 500 g/mol. The minimum atomic E-state index is -2.88. The van der Waals surface area contributed by atoms with Gasteiger partial charge < -0.3 is 16.8 Å². The van der Waals surface area contributed by atoms with E-state index in [-0.39, 0.29) is 50.6 Å². The average molecular weight is 501 g/mol. The SMILES string of the molecule is CC(Nc1nc(N)nc(N)c1C#N)c1nc2cccc(F)c2c(=O)n1-c1cc(Cl)cc(C(F)F)c1. The van der Waals surface area contributed by atoms with Crippen LogP contribution in [-0.2, 0) is 0 Å². The van der Waals surface area contributed by atoms with Crippen molar-refractivity contribution in [3.63, 3.8) is 0 Å². The first-order valence-corrected chi connectivity index (χ1v) is 10.4. The quantitative estimate of drug-likeness (QED) is 0.370. The third kappa shape index (κ3) is 4.41. The highest BCUT2D eigenvalue weighted by atomic mass is 35.5. The fourth-order valence-electron chi connectivity index (χ4n) is 3.58. The molecule has 1 unspecified atom stereocenters. The first-order valence-electron chi connectivity index (χ1n) is 10.0. The van der Waals surface area contributed by atoms with Crippen molar-refractivity contribution < 1.29 is 13.2 Å². The zero-order valence-electron chi connectivity index (χ0n) is 17.9. The molecule has 2 heterocycles. The first kappa shape index (κ1) is 23.8. The number of hydrogen-bond acceptors (Lipinski definition) is 8. The van der Waals surface area contributed by atoms with Crippen LogP contribution in [0.2, 0.25) is 5.02 Å². The molecule has 4 aromatic rings. The van der Waals surface area contributed by atoms with Crippen LogP contribution in [0.1, 0.15) is 36.3 Å². The number of anilines is 3. The molecule has 0 aliphatic heterocycles. The molecule has 0 amide bonds. The van der Waals surface area contributed by atoms with Gasteiger partial charge in [0.05, 0.1) is 17.2 Å². The van der Waals surface area contributed by atoms with Crippen LogP contribution in [0.4, 0.5) is 30.8 Å². The van der Waals surface area contributed by atoms with Gasteiger partial charge in [-0.05, 0) is 37.3 Å². The molecule has 0 saturated carbocycles. The standard InChI is InChI=1S/C22H16ClF3N8O/c1-9(30-19-13(8-27)18(28)32-22(29)33-19)20-31-15-4-2-3-14(24)16(15)21(35)34(20)12-6-10(17(25)26)5-11(23)7-12/h2-7,9,17H,1H3,(H5,28,29,30,32,33). The Morgan fingerprint density at radius 3 is 2.60 bits per heavy atom. The van der Waals surface area contributed by atoms with Gasteiger partial charge in [0.2, 0.25) is 5.95 Å². The molecule has 0 radical (unpaired) electrons. The lowest BCUT2D eigenvalue weighted by atomic mass is 10.1. The Labute approximate surface area is 200 Å². The lowest BCUT2D eigenvalue weighted by molar-refractivity contribution is 0.151. The summed E-state index contributed by atoms with van der Waals surface area (Å²) < 4.78 is 42.5. The highest BCUT2D eigenvalue weighted by molar-refractivity contribution is 6.30. The van der Waals surface area contributed by atoms with Gasteiger partial charge in [-0.25, -0.2) is 18.2 Å². The molecule has 9 nitrogen and oxygen atoms in total. The topological polar surface area (TPSA) is 149 Å². The van der Waals surface area contributed by atoms with Crippen molar-refractivity contribution in [1.29, 1.82) is 5.26 Å². The van der Waals surface area contributed by atoms with Crippen LogP contribution < -0.4 is 22.3 Å². The maximum Gasteiger partial charge on any atom is 0.269 e. The van der Waals surface area contributed by atoms with Crippen molar-refractivity contribution in [2.45, 2.75) is 19.4 Å². The maximum atomic E-state index is 14.6. The molecule has 0 aliphatic carbocycles. The maximum absolute atomic E-state index is 14.6. The van der Waals surface area contributed by atoms with E-state index in [0.29, 0.717) is 0 Å². The van der Waals surface area contributed by atoms with Crippen LogP contribution in [0.5, 0.6) is 0 Å².